The molecule has 102 valence electrons. The summed E-state index contributed by atoms with van der Waals surface area (Å²) in [5.74, 6) is 1.02. The van der Waals surface area contributed by atoms with Crippen molar-refractivity contribution in [2.75, 3.05) is 4.72 Å². The van der Waals surface area contributed by atoms with E-state index in [2.05, 4.69) is 14.8 Å². The van der Waals surface area contributed by atoms with Crippen molar-refractivity contribution >= 4 is 27.3 Å². The zero-order valence-electron chi connectivity index (χ0n) is 10.5. The number of thiophene rings is 1. The number of aryl methyl sites for hydroxylation is 3. The minimum Gasteiger partial charge on any atom is -0.248 e. The van der Waals surface area contributed by atoms with Crippen molar-refractivity contribution < 1.29 is 8.42 Å². The van der Waals surface area contributed by atoms with Crippen LogP contribution in [-0.4, -0.2) is 23.2 Å². The number of nitrogens with zero attached hydrogens (tertiary/aromatic N) is 3. The van der Waals surface area contributed by atoms with Gasteiger partial charge in [-0.25, -0.2) is 17.8 Å². The zero-order chi connectivity index (χ0) is 13.5. The first-order valence-corrected chi connectivity index (χ1v) is 8.43. The third-order valence-electron chi connectivity index (χ3n) is 3.05. The SMILES string of the molecule is Cc1ccsc1S(=O)(=O)Nc1nc2n(n1)CCCC2. The quantitative estimate of drug-likeness (QED) is 0.937. The number of aromatic nitrogens is 3. The summed E-state index contributed by atoms with van der Waals surface area (Å²) in [6.07, 6.45) is 2.99. The van der Waals surface area contributed by atoms with Crippen LogP contribution in [0.3, 0.4) is 0 Å². The molecule has 2 aromatic heterocycles. The predicted octanol–water partition coefficient (Wildman–Crippen LogP) is 1.79. The summed E-state index contributed by atoms with van der Waals surface area (Å²) in [6, 6.07) is 1.78. The highest BCUT2D eigenvalue weighted by atomic mass is 32.2. The van der Waals surface area contributed by atoms with Gasteiger partial charge in [0.1, 0.15) is 10.0 Å². The maximum Gasteiger partial charge on any atom is 0.274 e. The van der Waals surface area contributed by atoms with Gasteiger partial charge < -0.3 is 0 Å². The van der Waals surface area contributed by atoms with Crippen molar-refractivity contribution in [1.29, 1.82) is 0 Å². The first-order valence-electron chi connectivity index (χ1n) is 6.07. The van der Waals surface area contributed by atoms with E-state index in [1.165, 1.54) is 11.3 Å². The van der Waals surface area contributed by atoms with E-state index in [0.29, 0.717) is 4.21 Å². The van der Waals surface area contributed by atoms with Gasteiger partial charge in [-0.05, 0) is 36.8 Å². The number of hydrogen-bond donors (Lipinski definition) is 1. The number of sulfonamides is 1. The molecule has 0 saturated carbocycles. The molecule has 0 saturated heterocycles. The summed E-state index contributed by atoms with van der Waals surface area (Å²) in [7, 11) is -3.57. The third-order valence-corrected chi connectivity index (χ3v) is 6.07. The molecule has 3 heterocycles. The molecule has 1 aliphatic heterocycles. The molecular weight excluding hydrogens is 284 g/mol. The van der Waals surface area contributed by atoms with Crippen molar-refractivity contribution in [3.8, 4) is 0 Å². The van der Waals surface area contributed by atoms with Crippen LogP contribution >= 0.6 is 11.3 Å². The second kappa shape index (κ2) is 4.61. The van der Waals surface area contributed by atoms with E-state index in [0.717, 1.165) is 37.2 Å². The number of hydrogen-bond acceptors (Lipinski definition) is 5. The smallest absolute Gasteiger partial charge is 0.248 e. The van der Waals surface area contributed by atoms with E-state index in [4.69, 9.17) is 0 Å². The lowest BCUT2D eigenvalue weighted by Crippen LogP contribution is -2.14. The maximum absolute atomic E-state index is 12.2. The lowest BCUT2D eigenvalue weighted by molar-refractivity contribution is 0.480. The summed E-state index contributed by atoms with van der Waals surface area (Å²) < 4.78 is 29.0. The predicted molar refractivity (Wildman–Crippen MR) is 72.8 cm³/mol. The van der Waals surface area contributed by atoms with Crippen LogP contribution in [0.25, 0.3) is 0 Å². The summed E-state index contributed by atoms with van der Waals surface area (Å²) in [4.78, 5) is 4.24. The molecule has 0 aromatic carbocycles. The fraction of sp³-hybridized carbons (Fsp3) is 0.455. The summed E-state index contributed by atoms with van der Waals surface area (Å²) in [5, 5.41) is 5.95. The van der Waals surface area contributed by atoms with E-state index < -0.39 is 10.0 Å². The lowest BCUT2D eigenvalue weighted by atomic mass is 10.2. The topological polar surface area (TPSA) is 76.9 Å². The molecule has 19 heavy (non-hydrogen) atoms. The zero-order valence-corrected chi connectivity index (χ0v) is 12.1. The first kappa shape index (κ1) is 12.6. The molecule has 0 spiro atoms. The monoisotopic (exact) mass is 298 g/mol. The molecule has 0 aliphatic carbocycles. The highest BCUT2D eigenvalue weighted by Crippen LogP contribution is 2.24. The standard InChI is InChI=1S/C11H14N4O2S2/c1-8-5-7-18-10(8)19(16,17)14-11-12-9-4-2-3-6-15(9)13-11/h5,7H,2-4,6H2,1H3,(H,13,14). The van der Waals surface area contributed by atoms with Gasteiger partial charge in [-0.15, -0.1) is 16.4 Å². The average molecular weight is 298 g/mol. The molecule has 0 unspecified atom stereocenters. The summed E-state index contributed by atoms with van der Waals surface area (Å²) in [5.41, 5.74) is 0.737. The maximum atomic E-state index is 12.2. The Morgan fingerprint density at radius 3 is 2.95 bits per heavy atom. The van der Waals surface area contributed by atoms with E-state index in [1.54, 1.807) is 23.1 Å². The van der Waals surface area contributed by atoms with Gasteiger partial charge in [-0.2, -0.15) is 4.98 Å². The third kappa shape index (κ3) is 2.37. The average Bonchev–Trinajstić information content (AvgIpc) is 2.93. The lowest BCUT2D eigenvalue weighted by Gasteiger charge is -2.09. The Labute approximate surface area is 115 Å². The Balaban J connectivity index is 1.89. The Kier molecular flexibility index (Phi) is 3.06. The minimum atomic E-state index is -3.57. The van der Waals surface area contributed by atoms with Gasteiger partial charge in [0.25, 0.3) is 16.0 Å². The molecule has 3 rings (SSSR count). The van der Waals surface area contributed by atoms with Gasteiger partial charge in [0, 0.05) is 13.0 Å². The molecule has 8 heteroatoms. The van der Waals surface area contributed by atoms with Crippen molar-refractivity contribution in [2.45, 2.75) is 36.9 Å². The Bertz CT molecular complexity index is 679. The largest absolute Gasteiger partial charge is 0.274 e. The van der Waals surface area contributed by atoms with Crippen LogP contribution in [0.15, 0.2) is 15.7 Å². The normalized spacial score (nSPS) is 15.2. The molecule has 0 atom stereocenters. The number of anilines is 1. The van der Waals surface area contributed by atoms with Crippen LogP contribution in [-0.2, 0) is 23.0 Å². The van der Waals surface area contributed by atoms with E-state index in [-0.39, 0.29) is 5.95 Å². The van der Waals surface area contributed by atoms with Gasteiger partial charge in [0.05, 0.1) is 0 Å². The van der Waals surface area contributed by atoms with Crippen LogP contribution in [0.5, 0.6) is 0 Å². The molecule has 0 amide bonds. The number of fused-ring (bicyclic) bond motifs is 1. The van der Waals surface area contributed by atoms with E-state index in [1.807, 2.05) is 0 Å². The van der Waals surface area contributed by atoms with E-state index >= 15 is 0 Å². The first-order chi connectivity index (χ1) is 9.06. The van der Waals surface area contributed by atoms with Gasteiger partial charge in [-0.1, -0.05) is 0 Å². The fourth-order valence-electron chi connectivity index (χ4n) is 2.13. The van der Waals surface area contributed by atoms with Crippen LogP contribution in [0, 0.1) is 6.92 Å². The molecule has 0 radical (unpaired) electrons. The van der Waals surface area contributed by atoms with Crippen molar-refractivity contribution in [2.24, 2.45) is 0 Å². The highest BCUT2D eigenvalue weighted by Gasteiger charge is 2.22. The van der Waals surface area contributed by atoms with Gasteiger partial charge >= 0.3 is 0 Å². The molecule has 1 aliphatic rings. The van der Waals surface area contributed by atoms with Crippen molar-refractivity contribution in [1.82, 2.24) is 14.8 Å². The highest BCUT2D eigenvalue weighted by molar-refractivity contribution is 7.94. The van der Waals surface area contributed by atoms with Gasteiger partial charge in [0.2, 0.25) is 0 Å². The molecule has 0 bridgehead atoms. The van der Waals surface area contributed by atoms with Crippen LogP contribution in [0.2, 0.25) is 0 Å². The Morgan fingerprint density at radius 1 is 1.42 bits per heavy atom. The molecule has 2 aromatic rings. The fourth-order valence-corrected chi connectivity index (χ4v) is 4.49. The van der Waals surface area contributed by atoms with Crippen LogP contribution in [0.1, 0.15) is 24.2 Å². The number of rotatable bonds is 3. The molecular formula is C11H14N4O2S2. The Morgan fingerprint density at radius 2 is 2.26 bits per heavy atom. The summed E-state index contributed by atoms with van der Waals surface area (Å²) in [6.45, 7) is 2.58. The molecule has 6 nitrogen and oxygen atoms in total. The van der Waals surface area contributed by atoms with Crippen LogP contribution in [0.4, 0.5) is 5.95 Å². The second-order valence-electron chi connectivity index (χ2n) is 4.53. The second-order valence-corrected chi connectivity index (χ2v) is 7.32. The van der Waals surface area contributed by atoms with Gasteiger partial charge in [0.15, 0.2) is 0 Å². The van der Waals surface area contributed by atoms with Crippen molar-refractivity contribution in [3.63, 3.8) is 0 Å². The minimum absolute atomic E-state index is 0.171. The summed E-state index contributed by atoms with van der Waals surface area (Å²) >= 11 is 1.20. The van der Waals surface area contributed by atoms with E-state index in [9.17, 15) is 8.42 Å². The Hall–Kier alpha value is -1.41. The number of nitrogens with one attached hydrogen (secondary N) is 1. The molecule has 0 fully saturated rings. The molecule has 1 N–H and O–H groups in total. The van der Waals surface area contributed by atoms with Gasteiger partial charge in [-0.3, -0.25) is 0 Å². The van der Waals surface area contributed by atoms with Crippen molar-refractivity contribution in [3.05, 3.63) is 22.8 Å². The van der Waals surface area contributed by atoms with Crippen LogP contribution < -0.4 is 4.72 Å².